The van der Waals surface area contributed by atoms with Gasteiger partial charge in [-0.25, -0.2) is 9.80 Å². The van der Waals surface area contributed by atoms with Crippen molar-refractivity contribution in [3.8, 4) is 5.75 Å². The molecule has 2 aliphatic rings. The Morgan fingerprint density at radius 2 is 1.81 bits per heavy atom. The SMILES string of the molecule is COC(=O)C1=C(C)N(C)[C@@]2(SC(C(C)=O)=NN2c2ccc(OC)cc2)S1. The van der Waals surface area contributed by atoms with Crippen LogP contribution in [0.4, 0.5) is 5.69 Å². The second-order valence-electron chi connectivity index (χ2n) is 5.69. The first-order valence-corrected chi connectivity index (χ1v) is 9.42. The van der Waals surface area contributed by atoms with Crippen LogP contribution in [0.1, 0.15) is 13.8 Å². The number of allylic oxidation sites excluding steroid dienone is 1. The number of anilines is 1. The summed E-state index contributed by atoms with van der Waals surface area (Å²) in [5.74, 6) is 0.203. The van der Waals surface area contributed by atoms with E-state index in [-0.39, 0.29) is 5.78 Å². The Morgan fingerprint density at radius 1 is 1.15 bits per heavy atom. The van der Waals surface area contributed by atoms with Crippen LogP contribution in [0, 0.1) is 0 Å². The average molecular weight is 393 g/mol. The number of Topliss-reactive ketones (excluding diaryl/α,β-unsaturated/α-hetero) is 1. The van der Waals surface area contributed by atoms with Gasteiger partial charge in [-0.2, -0.15) is 5.10 Å². The van der Waals surface area contributed by atoms with Crippen LogP contribution >= 0.6 is 23.5 Å². The van der Waals surface area contributed by atoms with Gasteiger partial charge >= 0.3 is 5.97 Å². The third-order valence-electron chi connectivity index (χ3n) is 4.17. The molecule has 0 aromatic heterocycles. The minimum absolute atomic E-state index is 0.122. The predicted octanol–water partition coefficient (Wildman–Crippen LogP) is 2.85. The molecule has 0 fully saturated rings. The standard InChI is InChI=1S/C17H19N3O4S2/c1-10-14(16(22)24-5)25-17(19(10)3)20(18-15(26-17)11(2)21)12-6-8-13(23-4)9-7-12/h6-9H,1-5H3/t17-/m0/s1. The fourth-order valence-corrected chi connectivity index (χ4v) is 5.53. The Balaban J connectivity index is 2.05. The fourth-order valence-electron chi connectivity index (χ4n) is 2.63. The molecule has 26 heavy (non-hydrogen) atoms. The highest BCUT2D eigenvalue weighted by Gasteiger charge is 2.56. The van der Waals surface area contributed by atoms with Crippen LogP contribution in [0.25, 0.3) is 0 Å². The van der Waals surface area contributed by atoms with Gasteiger partial charge in [-0.05, 0) is 43.0 Å². The monoisotopic (exact) mass is 393 g/mol. The van der Waals surface area contributed by atoms with Gasteiger partial charge in [0, 0.05) is 19.7 Å². The highest BCUT2D eigenvalue weighted by molar-refractivity contribution is 8.28. The maximum absolute atomic E-state index is 12.2. The lowest BCUT2D eigenvalue weighted by Gasteiger charge is -2.39. The van der Waals surface area contributed by atoms with Crippen molar-refractivity contribution in [3.05, 3.63) is 34.9 Å². The minimum Gasteiger partial charge on any atom is -0.497 e. The van der Waals surface area contributed by atoms with E-state index in [2.05, 4.69) is 5.10 Å². The number of carbonyl (C=O) groups is 2. The van der Waals surface area contributed by atoms with Crippen molar-refractivity contribution >= 4 is 46.0 Å². The summed E-state index contributed by atoms with van der Waals surface area (Å²) in [4.78, 5) is 26.6. The van der Waals surface area contributed by atoms with E-state index in [1.165, 1.54) is 37.6 Å². The number of hydrogen-bond donors (Lipinski definition) is 0. The van der Waals surface area contributed by atoms with Gasteiger partial charge in [0.25, 0.3) is 0 Å². The number of nitrogens with zero attached hydrogens (tertiary/aromatic N) is 3. The molecular weight excluding hydrogens is 374 g/mol. The van der Waals surface area contributed by atoms with Crippen LogP contribution in [0.5, 0.6) is 5.75 Å². The van der Waals surface area contributed by atoms with Crippen molar-refractivity contribution in [3.63, 3.8) is 0 Å². The van der Waals surface area contributed by atoms with Crippen LogP contribution < -0.4 is 9.75 Å². The summed E-state index contributed by atoms with van der Waals surface area (Å²) < 4.78 is 9.32. The number of carbonyl (C=O) groups excluding carboxylic acids is 2. The Hall–Kier alpha value is -2.13. The molecule has 0 aliphatic carbocycles. The molecule has 0 N–H and O–H groups in total. The van der Waals surface area contributed by atoms with Gasteiger partial charge in [0.1, 0.15) is 10.7 Å². The lowest BCUT2D eigenvalue weighted by molar-refractivity contribution is -0.135. The summed E-state index contributed by atoms with van der Waals surface area (Å²) in [6, 6.07) is 7.40. The van der Waals surface area contributed by atoms with Crippen molar-refractivity contribution in [2.24, 2.45) is 5.10 Å². The first-order chi connectivity index (χ1) is 12.3. The lowest BCUT2D eigenvalue weighted by atomic mass is 10.3. The van der Waals surface area contributed by atoms with Gasteiger partial charge in [0.2, 0.25) is 4.33 Å². The van der Waals surface area contributed by atoms with Crippen molar-refractivity contribution in [1.29, 1.82) is 0 Å². The maximum Gasteiger partial charge on any atom is 0.346 e. The minimum atomic E-state index is -0.802. The molecule has 1 aromatic carbocycles. The van der Waals surface area contributed by atoms with E-state index in [4.69, 9.17) is 9.47 Å². The molecule has 0 unspecified atom stereocenters. The largest absolute Gasteiger partial charge is 0.497 e. The van der Waals surface area contributed by atoms with Crippen molar-refractivity contribution in [1.82, 2.24) is 4.90 Å². The zero-order chi connectivity index (χ0) is 19.1. The number of rotatable bonds is 4. The molecule has 2 heterocycles. The number of benzene rings is 1. The topological polar surface area (TPSA) is 71.4 Å². The molecule has 138 valence electrons. The molecule has 1 aromatic rings. The van der Waals surface area contributed by atoms with Crippen molar-refractivity contribution < 1.29 is 19.1 Å². The third kappa shape index (κ3) is 2.84. The Labute approximate surface area is 160 Å². The number of thioether (sulfide) groups is 2. The zero-order valence-electron chi connectivity index (χ0n) is 15.1. The molecule has 1 atom stereocenters. The molecule has 1 spiro atoms. The second-order valence-corrected chi connectivity index (χ2v) is 8.29. The third-order valence-corrected chi connectivity index (χ3v) is 7.32. The normalized spacial score (nSPS) is 22.1. The molecule has 3 rings (SSSR count). The van der Waals surface area contributed by atoms with E-state index < -0.39 is 10.3 Å². The summed E-state index contributed by atoms with van der Waals surface area (Å²) >= 11 is 2.65. The van der Waals surface area contributed by atoms with Crippen molar-refractivity contribution in [2.45, 2.75) is 18.2 Å². The molecule has 7 nitrogen and oxygen atoms in total. The average Bonchev–Trinajstić information content (AvgIpc) is 3.15. The van der Waals surface area contributed by atoms with E-state index >= 15 is 0 Å². The van der Waals surface area contributed by atoms with E-state index in [1.807, 2.05) is 43.1 Å². The first-order valence-electron chi connectivity index (χ1n) is 7.79. The van der Waals surface area contributed by atoms with E-state index in [0.29, 0.717) is 9.95 Å². The second kappa shape index (κ2) is 6.88. The van der Waals surface area contributed by atoms with Gasteiger partial charge in [-0.15, -0.1) is 0 Å². The highest BCUT2D eigenvalue weighted by Crippen LogP contribution is 2.58. The van der Waals surface area contributed by atoms with Crippen LogP contribution in [0.3, 0.4) is 0 Å². The number of ketones is 1. The Kier molecular flexibility index (Phi) is 4.94. The van der Waals surface area contributed by atoms with E-state index in [0.717, 1.165) is 17.1 Å². The van der Waals surface area contributed by atoms with E-state index in [1.54, 1.807) is 12.1 Å². The number of ether oxygens (including phenoxy) is 2. The van der Waals surface area contributed by atoms with E-state index in [9.17, 15) is 9.59 Å². The van der Waals surface area contributed by atoms with Gasteiger partial charge in [0.15, 0.2) is 10.8 Å². The molecule has 0 amide bonds. The number of hydrogen-bond acceptors (Lipinski definition) is 9. The number of methoxy groups -OCH3 is 2. The fraction of sp³-hybridized carbons (Fsp3) is 0.353. The molecule has 2 aliphatic heterocycles. The van der Waals surface area contributed by atoms with Gasteiger partial charge < -0.3 is 14.4 Å². The van der Waals surface area contributed by atoms with Crippen LogP contribution in [-0.4, -0.2) is 47.3 Å². The quantitative estimate of drug-likeness (QED) is 0.723. The molecule has 0 saturated carbocycles. The van der Waals surface area contributed by atoms with Crippen LogP contribution in [0.2, 0.25) is 0 Å². The van der Waals surface area contributed by atoms with Gasteiger partial charge in [-0.3, -0.25) is 4.79 Å². The number of esters is 1. The highest BCUT2D eigenvalue weighted by atomic mass is 32.2. The summed E-state index contributed by atoms with van der Waals surface area (Å²) in [5.41, 5.74) is 1.56. The smallest absolute Gasteiger partial charge is 0.346 e. The summed E-state index contributed by atoms with van der Waals surface area (Å²) in [6.07, 6.45) is 0. The molecular formula is C17H19N3O4S2. The Morgan fingerprint density at radius 3 is 2.35 bits per heavy atom. The Bertz CT molecular complexity index is 822. The predicted molar refractivity (Wildman–Crippen MR) is 104 cm³/mol. The molecule has 0 radical (unpaired) electrons. The van der Waals surface area contributed by atoms with Gasteiger partial charge in [-0.1, -0.05) is 11.8 Å². The summed E-state index contributed by atoms with van der Waals surface area (Å²) in [6.45, 7) is 3.34. The maximum atomic E-state index is 12.2. The lowest BCUT2D eigenvalue weighted by Crippen LogP contribution is -2.47. The molecule has 9 heteroatoms. The molecule has 0 bridgehead atoms. The summed E-state index contributed by atoms with van der Waals surface area (Å²) in [5, 5.41) is 6.68. The van der Waals surface area contributed by atoms with Crippen molar-refractivity contribution in [2.75, 3.05) is 26.3 Å². The van der Waals surface area contributed by atoms with Crippen LogP contribution in [0.15, 0.2) is 40.0 Å². The first kappa shape index (κ1) is 18.7. The molecule has 0 saturated heterocycles. The van der Waals surface area contributed by atoms with Gasteiger partial charge in [0.05, 0.1) is 19.9 Å². The zero-order valence-corrected chi connectivity index (χ0v) is 16.7. The number of hydrazone groups is 1. The van der Waals surface area contributed by atoms with Crippen LogP contribution in [-0.2, 0) is 14.3 Å². The summed E-state index contributed by atoms with van der Waals surface area (Å²) in [7, 11) is 4.83.